The van der Waals surface area contributed by atoms with Gasteiger partial charge in [-0.3, -0.25) is 0 Å². The molecule has 0 unspecified atom stereocenters. The fourth-order valence-corrected chi connectivity index (χ4v) is 2.37. The van der Waals surface area contributed by atoms with Crippen LogP contribution in [-0.4, -0.2) is 4.57 Å². The normalized spacial score (nSPS) is 9.50. The summed E-state index contributed by atoms with van der Waals surface area (Å²) in [5, 5.41) is 8.73. The van der Waals surface area contributed by atoms with Gasteiger partial charge in [0.05, 0.1) is 11.6 Å². The fourth-order valence-electron chi connectivity index (χ4n) is 1.54. The molecule has 76 valence electrons. The maximum Gasteiger partial charge on any atom is 0.282 e. The first kappa shape index (κ1) is 11.2. The van der Waals surface area contributed by atoms with Gasteiger partial charge in [0.2, 0.25) is 0 Å². The summed E-state index contributed by atoms with van der Waals surface area (Å²) >= 11 is 2.41. The van der Waals surface area contributed by atoms with Crippen LogP contribution >= 0.6 is 22.4 Å². The highest BCUT2D eigenvalue weighted by Crippen LogP contribution is 2.01. The highest BCUT2D eigenvalue weighted by Gasteiger charge is 2.14. The Morgan fingerprint density at radius 2 is 1.44 bits per heavy atom. The van der Waals surface area contributed by atoms with Crippen molar-refractivity contribution < 1.29 is 0 Å². The molecule has 2 aromatic carbocycles. The van der Waals surface area contributed by atoms with Gasteiger partial charge >= 0.3 is 0 Å². The van der Waals surface area contributed by atoms with Gasteiger partial charge in [0.25, 0.3) is 4.57 Å². The lowest BCUT2D eigenvalue weighted by Crippen LogP contribution is -2.36. The third-order valence-corrected chi connectivity index (χ3v) is 3.86. The van der Waals surface area contributed by atoms with E-state index in [1.807, 2.05) is 42.5 Å². The summed E-state index contributed by atoms with van der Waals surface area (Å²) in [6.07, 6.45) is 0. The average Bonchev–Trinajstić information content (AvgIpc) is 2.39. The second-order valence-electron chi connectivity index (χ2n) is 3.51. The molecule has 1 nitrogen and oxygen atoms in total. The summed E-state index contributed by atoms with van der Waals surface area (Å²) in [7, 11) is 0. The van der Waals surface area contributed by atoms with Gasteiger partial charge in [-0.2, -0.15) is 5.26 Å². The van der Waals surface area contributed by atoms with E-state index in [0.29, 0.717) is 10.1 Å². The number of rotatable bonds is 2. The van der Waals surface area contributed by atoms with Crippen LogP contribution in [0.25, 0.3) is 0 Å². The summed E-state index contributed by atoms with van der Waals surface area (Å²) in [6.45, 7) is 0. The lowest BCUT2D eigenvalue weighted by atomic mass is 9.63. The highest BCUT2D eigenvalue weighted by atomic mass is 127. The zero-order valence-corrected chi connectivity index (χ0v) is 10.8. The van der Waals surface area contributed by atoms with Gasteiger partial charge in [0.1, 0.15) is 0 Å². The minimum absolute atomic E-state index is 0.339. The topological polar surface area (TPSA) is 23.8 Å². The highest BCUT2D eigenvalue weighted by molar-refractivity contribution is 14.1. The van der Waals surface area contributed by atoms with Gasteiger partial charge in [0.15, 0.2) is 0 Å². The standard InChI is InChI=1S/C13H9BIN/c15-14(12-4-2-1-3-5-12)13-8-6-11(10-16)7-9-13/h1-9H. The Kier molecular flexibility index (Phi) is 3.63. The van der Waals surface area contributed by atoms with Crippen molar-refractivity contribution in [1.82, 2.24) is 0 Å². The monoisotopic (exact) mass is 317 g/mol. The summed E-state index contributed by atoms with van der Waals surface area (Å²) in [5.74, 6) is 0. The van der Waals surface area contributed by atoms with Crippen molar-refractivity contribution in [1.29, 1.82) is 5.26 Å². The van der Waals surface area contributed by atoms with Crippen LogP contribution in [-0.2, 0) is 0 Å². The van der Waals surface area contributed by atoms with Gasteiger partial charge in [-0.15, -0.1) is 22.4 Å². The van der Waals surface area contributed by atoms with E-state index >= 15 is 0 Å². The number of nitrogens with zero attached hydrogens (tertiary/aromatic N) is 1. The van der Waals surface area contributed by atoms with Crippen molar-refractivity contribution in [3.8, 4) is 6.07 Å². The van der Waals surface area contributed by atoms with Crippen molar-refractivity contribution in [3.05, 3.63) is 60.2 Å². The summed E-state index contributed by atoms with van der Waals surface area (Å²) in [5.41, 5.74) is 3.22. The lowest BCUT2D eigenvalue weighted by Gasteiger charge is -2.06. The van der Waals surface area contributed by atoms with Gasteiger partial charge in [-0.25, -0.2) is 0 Å². The Morgan fingerprint density at radius 3 is 2.00 bits per heavy atom. The predicted octanol–water partition coefficient (Wildman–Crippen LogP) is 2.10. The lowest BCUT2D eigenvalue weighted by molar-refractivity contribution is 1.49. The first-order valence-corrected chi connectivity index (χ1v) is 6.25. The molecule has 0 bridgehead atoms. The van der Waals surface area contributed by atoms with Crippen molar-refractivity contribution in [2.24, 2.45) is 0 Å². The number of hydrogen-bond donors (Lipinski definition) is 0. The van der Waals surface area contributed by atoms with Crippen LogP contribution in [0.5, 0.6) is 0 Å². The average molecular weight is 317 g/mol. The van der Waals surface area contributed by atoms with Crippen LogP contribution in [0.15, 0.2) is 54.6 Å². The van der Waals surface area contributed by atoms with E-state index in [0.717, 1.165) is 0 Å². The SMILES string of the molecule is N#Cc1ccc(B(I)c2ccccc2)cc1. The van der Waals surface area contributed by atoms with E-state index in [1.54, 1.807) is 0 Å². The molecule has 0 spiro atoms. The molecular weight excluding hydrogens is 308 g/mol. The molecule has 0 aliphatic carbocycles. The molecule has 0 radical (unpaired) electrons. The molecule has 3 heteroatoms. The molecule has 0 aliphatic heterocycles. The summed E-state index contributed by atoms with van der Waals surface area (Å²) in [4.78, 5) is 0. The van der Waals surface area contributed by atoms with Gasteiger partial charge < -0.3 is 0 Å². The molecule has 0 aliphatic rings. The van der Waals surface area contributed by atoms with Crippen LogP contribution in [0, 0.1) is 11.3 Å². The zero-order chi connectivity index (χ0) is 11.4. The van der Waals surface area contributed by atoms with Crippen LogP contribution in [0.1, 0.15) is 5.56 Å². The third-order valence-electron chi connectivity index (χ3n) is 2.42. The zero-order valence-electron chi connectivity index (χ0n) is 8.60. The summed E-state index contributed by atoms with van der Waals surface area (Å²) in [6, 6.07) is 20.2. The van der Waals surface area contributed by atoms with E-state index < -0.39 is 0 Å². The molecule has 0 saturated heterocycles. The Bertz CT molecular complexity index is 502. The van der Waals surface area contributed by atoms with E-state index in [9.17, 15) is 0 Å². The quantitative estimate of drug-likeness (QED) is 0.615. The van der Waals surface area contributed by atoms with E-state index in [1.165, 1.54) is 10.9 Å². The minimum Gasteiger partial charge on any atom is -0.192 e. The van der Waals surface area contributed by atoms with Crippen LogP contribution in [0.2, 0.25) is 0 Å². The molecule has 2 rings (SSSR count). The molecule has 0 atom stereocenters. The smallest absolute Gasteiger partial charge is 0.192 e. The molecule has 16 heavy (non-hydrogen) atoms. The van der Waals surface area contributed by atoms with E-state index in [-0.39, 0.29) is 0 Å². The second-order valence-corrected chi connectivity index (χ2v) is 4.75. The van der Waals surface area contributed by atoms with E-state index in [4.69, 9.17) is 5.26 Å². The maximum atomic E-state index is 8.73. The van der Waals surface area contributed by atoms with Crippen molar-refractivity contribution >= 4 is 37.9 Å². The maximum absolute atomic E-state index is 8.73. The number of hydrogen-bond acceptors (Lipinski definition) is 1. The molecule has 0 saturated carbocycles. The van der Waals surface area contributed by atoms with Gasteiger partial charge in [0, 0.05) is 0 Å². The van der Waals surface area contributed by atoms with Gasteiger partial charge in [-0.1, -0.05) is 53.4 Å². The Labute approximate surface area is 109 Å². The molecule has 0 fully saturated rings. The molecule has 2 aromatic rings. The van der Waals surface area contributed by atoms with Crippen LogP contribution in [0.3, 0.4) is 0 Å². The Morgan fingerprint density at radius 1 is 0.875 bits per heavy atom. The first-order valence-electron chi connectivity index (χ1n) is 5.00. The number of nitriles is 1. The van der Waals surface area contributed by atoms with Crippen LogP contribution < -0.4 is 10.9 Å². The van der Waals surface area contributed by atoms with Crippen molar-refractivity contribution in [2.45, 2.75) is 0 Å². The van der Waals surface area contributed by atoms with E-state index in [2.05, 4.69) is 40.6 Å². The minimum atomic E-state index is 0.339. The molecule has 0 N–H and O–H groups in total. The largest absolute Gasteiger partial charge is 0.282 e. The molecule has 0 aromatic heterocycles. The molecule has 0 heterocycles. The number of benzene rings is 2. The first-order chi connectivity index (χ1) is 7.81. The van der Waals surface area contributed by atoms with Crippen molar-refractivity contribution in [3.63, 3.8) is 0 Å². The summed E-state index contributed by atoms with van der Waals surface area (Å²) < 4.78 is 0.339. The number of halogens is 1. The molecular formula is C13H9BIN. The van der Waals surface area contributed by atoms with Crippen molar-refractivity contribution in [2.75, 3.05) is 0 Å². The predicted molar refractivity (Wildman–Crippen MR) is 76.6 cm³/mol. The Hall–Kier alpha value is -1.28. The van der Waals surface area contributed by atoms with Gasteiger partial charge in [-0.05, 0) is 12.1 Å². The third kappa shape index (κ3) is 2.45. The fraction of sp³-hybridized carbons (Fsp3) is 0. The van der Waals surface area contributed by atoms with Crippen LogP contribution in [0.4, 0.5) is 0 Å². The second kappa shape index (κ2) is 5.17. The molecule has 0 amide bonds. The Balaban J connectivity index is 2.28.